The Hall–Kier alpha value is -6.77. The molecule has 0 unspecified atom stereocenters. The summed E-state index contributed by atoms with van der Waals surface area (Å²) < 4.78 is 5.62. The molecule has 0 aromatic heterocycles. The Morgan fingerprint density at radius 2 is 0.879 bits per heavy atom. The van der Waals surface area contributed by atoms with E-state index in [0.717, 1.165) is 24.8 Å². The molecule has 11 rings (SSSR count). The quantitative estimate of drug-likeness (QED) is 0.0475. The average molecular weight is 859 g/mol. The van der Waals surface area contributed by atoms with Crippen molar-refractivity contribution in [2.45, 2.75) is 90.9 Å². The van der Waals surface area contributed by atoms with Crippen LogP contribution in [0.1, 0.15) is 96.9 Å². The fourth-order valence-corrected chi connectivity index (χ4v) is 11.5. The maximum absolute atomic E-state index is 12.4. The van der Waals surface area contributed by atoms with Gasteiger partial charge in [-0.25, -0.2) is 4.79 Å². The molecule has 0 bridgehead atoms. The summed E-state index contributed by atoms with van der Waals surface area (Å²) in [6, 6.07) is 51.7. The van der Waals surface area contributed by atoms with Gasteiger partial charge in [0.15, 0.2) is 0 Å². The second kappa shape index (κ2) is 14.9. The molecule has 0 saturated heterocycles. The van der Waals surface area contributed by atoms with Gasteiger partial charge < -0.3 is 4.74 Å². The van der Waals surface area contributed by atoms with Crippen molar-refractivity contribution in [1.29, 1.82) is 0 Å². The molecule has 1 aliphatic carbocycles. The lowest BCUT2D eigenvalue weighted by Gasteiger charge is -2.34. The highest BCUT2D eigenvalue weighted by atomic mass is 16.5. The van der Waals surface area contributed by atoms with E-state index in [0.29, 0.717) is 12.2 Å². The van der Waals surface area contributed by atoms with Crippen LogP contribution in [0.25, 0.3) is 98.0 Å². The molecule has 0 saturated carbocycles. The van der Waals surface area contributed by atoms with Gasteiger partial charge in [-0.3, -0.25) is 0 Å². The number of ether oxygens (including phenoxy) is 1. The van der Waals surface area contributed by atoms with E-state index in [4.69, 9.17) is 11.3 Å². The minimum absolute atomic E-state index is 0.0575. The second-order valence-electron chi connectivity index (χ2n) is 21.5. The zero-order valence-electron chi connectivity index (χ0n) is 39.8. The highest BCUT2D eigenvalue weighted by Crippen LogP contribution is 2.57. The number of hydrogen-bond acceptors (Lipinski definition) is 2. The maximum Gasteiger partial charge on any atom is 0.333 e. The van der Waals surface area contributed by atoms with E-state index in [2.05, 4.69) is 189 Å². The molecule has 326 valence electrons. The van der Waals surface area contributed by atoms with Gasteiger partial charge in [-0.2, -0.15) is 0 Å². The smallest absolute Gasteiger partial charge is 0.333 e. The minimum atomic E-state index is -0.463. The Kier molecular flexibility index (Phi) is 9.44. The van der Waals surface area contributed by atoms with Gasteiger partial charge in [0.1, 0.15) is 0 Å². The second-order valence-corrected chi connectivity index (χ2v) is 21.5. The third-order valence-corrected chi connectivity index (χ3v) is 15.1. The Morgan fingerprint density at radius 1 is 0.485 bits per heavy atom. The van der Waals surface area contributed by atoms with E-state index in [1.54, 1.807) is 6.92 Å². The molecule has 0 fully saturated rings. The summed E-state index contributed by atoms with van der Waals surface area (Å²) >= 11 is 0. The number of allylic oxidation sites excluding steroid dienone is 1. The van der Waals surface area contributed by atoms with Crippen LogP contribution in [-0.2, 0) is 25.8 Å². The van der Waals surface area contributed by atoms with Crippen LogP contribution in [-0.4, -0.2) is 12.6 Å². The first kappa shape index (κ1) is 41.9. The summed E-state index contributed by atoms with van der Waals surface area (Å²) in [6.45, 7) is 26.7. The summed E-state index contributed by atoms with van der Waals surface area (Å²) in [5, 5.41) is 15.6. The van der Waals surface area contributed by atoms with E-state index in [9.17, 15) is 4.79 Å². The van der Waals surface area contributed by atoms with Gasteiger partial charge in [0.05, 0.1) is 6.61 Å². The van der Waals surface area contributed by atoms with Crippen molar-refractivity contribution in [2.75, 3.05) is 6.61 Å². The van der Waals surface area contributed by atoms with Crippen LogP contribution in [0.2, 0.25) is 0 Å². The number of hydrogen-bond donors (Lipinski definition) is 0. The molecular weight excluding hydrogens is 801 g/mol. The van der Waals surface area contributed by atoms with Gasteiger partial charge in [0.25, 0.3) is 0 Å². The lowest BCUT2D eigenvalue weighted by Crippen LogP contribution is -2.27. The molecule has 66 heavy (non-hydrogen) atoms. The Labute approximate surface area is 389 Å². The molecule has 0 aliphatic heterocycles. The zero-order chi connectivity index (χ0) is 46.0. The van der Waals surface area contributed by atoms with Gasteiger partial charge in [0, 0.05) is 11.0 Å². The van der Waals surface area contributed by atoms with Crippen LogP contribution in [0.15, 0.2) is 158 Å². The van der Waals surface area contributed by atoms with Gasteiger partial charge in [-0.15, -0.1) is 0 Å². The van der Waals surface area contributed by atoms with Crippen LogP contribution >= 0.6 is 0 Å². The van der Waals surface area contributed by atoms with Gasteiger partial charge >= 0.3 is 5.97 Å². The highest BCUT2D eigenvalue weighted by molar-refractivity contribution is 6.27. The molecular formula is C64H58O2. The predicted octanol–water partition coefficient (Wildman–Crippen LogP) is 17.5. The third-order valence-electron chi connectivity index (χ3n) is 15.1. The van der Waals surface area contributed by atoms with E-state index >= 15 is 0 Å². The van der Waals surface area contributed by atoms with Crippen LogP contribution < -0.4 is 0 Å². The van der Waals surface area contributed by atoms with Crippen LogP contribution in [0.5, 0.6) is 0 Å². The van der Waals surface area contributed by atoms with Crippen molar-refractivity contribution in [3.8, 4) is 33.4 Å². The molecule has 10 aromatic rings. The van der Waals surface area contributed by atoms with E-state index < -0.39 is 5.41 Å². The van der Waals surface area contributed by atoms with Crippen LogP contribution in [0.3, 0.4) is 0 Å². The van der Waals surface area contributed by atoms with Crippen molar-refractivity contribution in [1.82, 2.24) is 0 Å². The van der Waals surface area contributed by atoms with E-state index in [1.807, 2.05) is 0 Å². The summed E-state index contributed by atoms with van der Waals surface area (Å²) in [6.07, 6.45) is 2.44. The predicted molar refractivity (Wildman–Crippen MR) is 283 cm³/mol. The Balaban J connectivity index is 1.07. The summed E-state index contributed by atoms with van der Waals surface area (Å²) in [5.41, 5.74) is 13.9. The molecule has 2 heteroatoms. The number of carbonyl (C=O) groups excluding carboxylic acids is 1. The van der Waals surface area contributed by atoms with Crippen molar-refractivity contribution in [3.63, 3.8) is 0 Å². The van der Waals surface area contributed by atoms with Crippen LogP contribution in [0.4, 0.5) is 0 Å². The molecule has 0 amide bonds. The van der Waals surface area contributed by atoms with Gasteiger partial charge in [0.2, 0.25) is 0 Å². The summed E-state index contributed by atoms with van der Waals surface area (Å²) in [5.74, 6) is -0.332. The lowest BCUT2D eigenvalue weighted by atomic mass is 9.69. The fourth-order valence-electron chi connectivity index (χ4n) is 11.5. The summed E-state index contributed by atoms with van der Waals surface area (Å²) in [7, 11) is 0. The average Bonchev–Trinajstić information content (AvgIpc) is 3.57. The van der Waals surface area contributed by atoms with E-state index in [1.165, 1.54) is 120 Å². The molecule has 10 aromatic carbocycles. The fraction of sp³-hybridized carbons (Fsp3) is 0.234. The first-order valence-corrected chi connectivity index (χ1v) is 23.8. The number of rotatable bonds is 9. The number of esters is 1. The largest absolute Gasteiger partial charge is 0.462 e. The van der Waals surface area contributed by atoms with Crippen molar-refractivity contribution >= 4 is 70.6 Å². The topological polar surface area (TPSA) is 26.3 Å². The maximum atomic E-state index is 12.4. The molecule has 0 heterocycles. The van der Waals surface area contributed by atoms with Gasteiger partial charge in [-0.1, -0.05) is 182 Å². The lowest BCUT2D eigenvalue weighted by molar-refractivity contribution is -0.139. The molecule has 0 spiro atoms. The molecule has 0 N–H and O–H groups in total. The highest BCUT2D eigenvalue weighted by Gasteiger charge is 2.44. The van der Waals surface area contributed by atoms with Gasteiger partial charge in [-0.05, 0) is 176 Å². The first-order valence-electron chi connectivity index (χ1n) is 23.8. The number of benzene rings is 10. The number of carbonyl (C=O) groups is 1. The minimum Gasteiger partial charge on any atom is -0.462 e. The Morgan fingerprint density at radius 3 is 1.29 bits per heavy atom. The molecule has 2 nitrogen and oxygen atoms in total. The van der Waals surface area contributed by atoms with E-state index in [-0.39, 0.29) is 16.8 Å². The number of fused-ring (bicyclic) bond motifs is 3. The SMILES string of the molecule is C=C(C)C(=O)OCCCCC1(C(=C)C)c2cc(-c3ccc4ccc5cc(C(C)(C)C)cc6ccc3c4c56)ccc2-c2ccc(-c3ccc4ccc5cc(C(C)(C)C)cc6ccc3c4c56)cc21. The summed E-state index contributed by atoms with van der Waals surface area (Å²) in [4.78, 5) is 12.4. The van der Waals surface area contributed by atoms with Crippen molar-refractivity contribution < 1.29 is 9.53 Å². The first-order chi connectivity index (χ1) is 31.5. The van der Waals surface area contributed by atoms with Crippen LogP contribution in [0, 0.1) is 0 Å². The van der Waals surface area contributed by atoms with Crippen molar-refractivity contribution in [2.24, 2.45) is 0 Å². The zero-order valence-corrected chi connectivity index (χ0v) is 39.8. The number of unbranched alkanes of at least 4 members (excludes halogenated alkanes) is 1. The molecule has 0 atom stereocenters. The standard InChI is InChI=1S/C64H58O2/c1-37(2)61(65)66-30-12-11-29-64(38(3)4)55-35-41(49-23-17-39-13-15-43-31-47(62(5,6)7)33-45-21-27-53(49)59(39)57(43)45)19-25-51(55)52-26-20-42(36-56(52)64)50-24-18-40-14-16-44-32-48(63(8,9)10)34-46-22-28-54(50)60(40)58(44)46/h13-28,31-36H,1,3,11-12,29-30H2,2,4-10H3. The molecule has 0 radical (unpaired) electrons. The van der Waals surface area contributed by atoms with Crippen molar-refractivity contribution in [3.05, 3.63) is 180 Å². The normalized spacial score (nSPS) is 13.7. The molecule has 1 aliphatic rings. The monoisotopic (exact) mass is 858 g/mol. The third kappa shape index (κ3) is 6.39. The Bertz CT molecular complexity index is 3400.